The van der Waals surface area contributed by atoms with E-state index in [0.29, 0.717) is 5.41 Å². The van der Waals surface area contributed by atoms with Gasteiger partial charge in [-0.05, 0) is 37.4 Å². The largest absolute Gasteiger partial charge is 0.197 e. The summed E-state index contributed by atoms with van der Waals surface area (Å²) in [6, 6.07) is 2.50. The molecule has 2 aliphatic carbocycles. The minimum absolute atomic E-state index is 0.00264. The zero-order valence-corrected chi connectivity index (χ0v) is 9.12. The van der Waals surface area contributed by atoms with Gasteiger partial charge in [-0.2, -0.15) is 5.26 Å². The fourth-order valence-electron chi connectivity index (χ4n) is 3.08. The van der Waals surface area contributed by atoms with E-state index in [9.17, 15) is 0 Å². The van der Waals surface area contributed by atoms with Gasteiger partial charge < -0.3 is 0 Å². The van der Waals surface area contributed by atoms with Gasteiger partial charge in [-0.15, -0.1) is 11.8 Å². The molecule has 0 unspecified atom stereocenters. The smallest absolute Gasteiger partial charge is 0.103 e. The first-order valence-corrected chi connectivity index (χ1v) is 6.43. The number of hydrogen-bond acceptors (Lipinski definition) is 2. The maximum atomic E-state index is 9.08. The number of nitrogens with zero attached hydrogens (tertiary/aromatic N) is 1. The zero-order valence-electron chi connectivity index (χ0n) is 8.31. The lowest BCUT2D eigenvalue weighted by Gasteiger charge is -2.54. The Kier molecular flexibility index (Phi) is 2.32. The molecule has 0 aromatic heterocycles. The minimum Gasteiger partial charge on any atom is -0.197 e. The molecule has 0 amide bonds. The summed E-state index contributed by atoms with van der Waals surface area (Å²) in [5.41, 5.74) is 0.594. The van der Waals surface area contributed by atoms with Crippen LogP contribution in [0.15, 0.2) is 0 Å². The van der Waals surface area contributed by atoms with Crippen LogP contribution in [-0.4, -0.2) is 11.0 Å². The van der Waals surface area contributed by atoms with Gasteiger partial charge in [-0.1, -0.05) is 19.3 Å². The third-order valence-electron chi connectivity index (χ3n) is 3.83. The van der Waals surface area contributed by atoms with Crippen molar-refractivity contribution in [2.45, 2.75) is 49.7 Å². The van der Waals surface area contributed by atoms with Gasteiger partial charge in [0.2, 0.25) is 0 Å². The summed E-state index contributed by atoms with van der Waals surface area (Å²) in [5, 5.41) is 9.08. The Labute approximate surface area is 84.9 Å². The Morgan fingerprint density at radius 2 is 1.77 bits per heavy atom. The summed E-state index contributed by atoms with van der Waals surface area (Å²) in [5.74, 6) is 0. The number of hydrogen-bond donors (Lipinski definition) is 0. The van der Waals surface area contributed by atoms with Crippen LogP contribution in [0.3, 0.4) is 0 Å². The minimum atomic E-state index is -0.00264. The molecule has 0 radical (unpaired) electrons. The van der Waals surface area contributed by atoms with E-state index in [0.717, 1.165) is 12.8 Å². The van der Waals surface area contributed by atoms with Crippen molar-refractivity contribution >= 4 is 11.8 Å². The maximum Gasteiger partial charge on any atom is 0.103 e. The highest BCUT2D eigenvalue weighted by atomic mass is 32.2. The maximum absolute atomic E-state index is 9.08. The van der Waals surface area contributed by atoms with Crippen LogP contribution in [0.2, 0.25) is 0 Å². The Morgan fingerprint density at radius 3 is 2.23 bits per heavy atom. The third-order valence-corrected chi connectivity index (χ3v) is 4.99. The molecule has 0 bridgehead atoms. The van der Waals surface area contributed by atoms with E-state index in [2.05, 4.69) is 12.3 Å². The molecule has 2 saturated carbocycles. The molecule has 2 rings (SSSR count). The number of rotatable bonds is 1. The summed E-state index contributed by atoms with van der Waals surface area (Å²) in [4.78, 5) is 0. The molecule has 0 heterocycles. The van der Waals surface area contributed by atoms with E-state index in [4.69, 9.17) is 5.26 Å². The first kappa shape index (κ1) is 9.40. The van der Waals surface area contributed by atoms with Gasteiger partial charge in [-0.3, -0.25) is 0 Å². The van der Waals surface area contributed by atoms with E-state index in [1.807, 2.05) is 0 Å². The molecule has 2 aliphatic rings. The van der Waals surface area contributed by atoms with Crippen molar-refractivity contribution in [1.82, 2.24) is 0 Å². The molecular formula is C11H17NS. The molecule has 72 valence electrons. The van der Waals surface area contributed by atoms with Gasteiger partial charge in [0, 0.05) is 0 Å². The van der Waals surface area contributed by atoms with E-state index < -0.39 is 0 Å². The predicted molar refractivity (Wildman–Crippen MR) is 56.6 cm³/mol. The highest BCUT2D eigenvalue weighted by molar-refractivity contribution is 8.00. The number of thioether (sulfide) groups is 1. The highest BCUT2D eigenvalue weighted by Crippen LogP contribution is 2.60. The van der Waals surface area contributed by atoms with Crippen molar-refractivity contribution in [2.24, 2.45) is 5.41 Å². The second-order valence-electron chi connectivity index (χ2n) is 4.72. The summed E-state index contributed by atoms with van der Waals surface area (Å²) in [7, 11) is 0. The molecule has 0 saturated heterocycles. The number of nitriles is 1. The normalized spacial score (nSPS) is 29.2. The average Bonchev–Trinajstić information content (AvgIpc) is 2.15. The van der Waals surface area contributed by atoms with Crippen molar-refractivity contribution < 1.29 is 0 Å². The lowest BCUT2D eigenvalue weighted by molar-refractivity contribution is 0.0595. The molecule has 1 nitrogen and oxygen atoms in total. The summed E-state index contributed by atoms with van der Waals surface area (Å²) in [6.45, 7) is 0. The molecular weight excluding hydrogens is 178 g/mol. The average molecular weight is 195 g/mol. The fourth-order valence-corrected chi connectivity index (χ4v) is 4.08. The lowest BCUT2D eigenvalue weighted by Crippen LogP contribution is -2.49. The van der Waals surface area contributed by atoms with Crippen LogP contribution in [-0.2, 0) is 0 Å². The zero-order chi connectivity index (χ0) is 9.36. The van der Waals surface area contributed by atoms with Gasteiger partial charge in [-0.25, -0.2) is 0 Å². The molecule has 0 aromatic rings. The molecule has 0 aromatic carbocycles. The second-order valence-corrected chi connectivity index (χ2v) is 5.91. The quantitative estimate of drug-likeness (QED) is 0.640. The van der Waals surface area contributed by atoms with Crippen molar-refractivity contribution in [3.8, 4) is 6.07 Å². The Bertz CT molecular complexity index is 227. The first-order chi connectivity index (χ1) is 6.24. The second kappa shape index (κ2) is 3.20. The standard InChI is InChI=1S/C11H17NS/c1-13-11(9-12)7-10(8-11)5-3-2-4-6-10/h2-8H2,1H3. The summed E-state index contributed by atoms with van der Waals surface area (Å²) >= 11 is 1.77. The van der Waals surface area contributed by atoms with Gasteiger partial charge in [0.15, 0.2) is 0 Å². The predicted octanol–water partition coefficient (Wildman–Crippen LogP) is 3.36. The van der Waals surface area contributed by atoms with Gasteiger partial charge >= 0.3 is 0 Å². The van der Waals surface area contributed by atoms with Crippen molar-refractivity contribution in [3.05, 3.63) is 0 Å². The van der Waals surface area contributed by atoms with Crippen LogP contribution >= 0.6 is 11.8 Å². The van der Waals surface area contributed by atoms with E-state index in [1.165, 1.54) is 32.1 Å². The Balaban J connectivity index is 1.98. The SMILES string of the molecule is CSC1(C#N)CC2(CCCCC2)C1. The summed E-state index contributed by atoms with van der Waals surface area (Å²) in [6.07, 6.45) is 11.4. The topological polar surface area (TPSA) is 23.8 Å². The van der Waals surface area contributed by atoms with Crippen molar-refractivity contribution in [3.63, 3.8) is 0 Å². The first-order valence-electron chi connectivity index (χ1n) is 5.21. The van der Waals surface area contributed by atoms with Crippen LogP contribution in [0.25, 0.3) is 0 Å². The van der Waals surface area contributed by atoms with Crippen LogP contribution in [0.5, 0.6) is 0 Å². The molecule has 13 heavy (non-hydrogen) atoms. The lowest BCUT2D eigenvalue weighted by atomic mass is 9.56. The molecule has 1 spiro atoms. The van der Waals surface area contributed by atoms with E-state index in [1.54, 1.807) is 11.8 Å². The van der Waals surface area contributed by atoms with Crippen LogP contribution in [0, 0.1) is 16.7 Å². The monoisotopic (exact) mass is 195 g/mol. The molecule has 2 fully saturated rings. The van der Waals surface area contributed by atoms with Crippen molar-refractivity contribution in [1.29, 1.82) is 5.26 Å². The van der Waals surface area contributed by atoms with Crippen LogP contribution in [0.4, 0.5) is 0 Å². The van der Waals surface area contributed by atoms with Crippen LogP contribution in [0.1, 0.15) is 44.9 Å². The molecule has 2 heteroatoms. The van der Waals surface area contributed by atoms with Gasteiger partial charge in [0.1, 0.15) is 4.75 Å². The Hall–Kier alpha value is -0.160. The van der Waals surface area contributed by atoms with E-state index >= 15 is 0 Å². The molecule has 0 aliphatic heterocycles. The molecule has 0 atom stereocenters. The Morgan fingerprint density at radius 1 is 1.15 bits per heavy atom. The fraction of sp³-hybridized carbons (Fsp3) is 0.909. The van der Waals surface area contributed by atoms with Crippen LogP contribution < -0.4 is 0 Å². The van der Waals surface area contributed by atoms with E-state index in [-0.39, 0.29) is 4.75 Å². The third kappa shape index (κ3) is 1.48. The summed E-state index contributed by atoms with van der Waals surface area (Å²) < 4.78 is -0.00264. The van der Waals surface area contributed by atoms with Gasteiger partial charge in [0.25, 0.3) is 0 Å². The van der Waals surface area contributed by atoms with Gasteiger partial charge in [0.05, 0.1) is 6.07 Å². The molecule has 0 N–H and O–H groups in total. The van der Waals surface area contributed by atoms with Crippen molar-refractivity contribution in [2.75, 3.05) is 6.26 Å². The highest BCUT2D eigenvalue weighted by Gasteiger charge is 2.54.